The largest absolute Gasteiger partial charge is 0.467 e. The highest BCUT2D eigenvalue weighted by Crippen LogP contribution is 2.18. The normalized spacial score (nSPS) is 10.9. The molecule has 0 bridgehead atoms. The molecule has 0 aliphatic carbocycles. The molecule has 16 heteroatoms. The van der Waals surface area contributed by atoms with Gasteiger partial charge in [0.25, 0.3) is 23.2 Å². The first-order valence-corrected chi connectivity index (χ1v) is 11.9. The number of hydrazone groups is 2. The molecule has 0 spiro atoms. The van der Waals surface area contributed by atoms with Gasteiger partial charge in [-0.15, -0.1) is 0 Å². The van der Waals surface area contributed by atoms with E-state index in [2.05, 4.69) is 31.0 Å². The van der Waals surface area contributed by atoms with E-state index in [1.165, 1.54) is 54.9 Å². The van der Waals surface area contributed by atoms with Crippen molar-refractivity contribution in [3.05, 3.63) is 91.6 Å². The molecule has 0 unspecified atom stereocenters. The Kier molecular flexibility index (Phi) is 10.1. The number of amides is 2. The third-order valence-corrected chi connectivity index (χ3v) is 5.31. The summed E-state index contributed by atoms with van der Waals surface area (Å²) in [5.41, 5.74) is 5.77. The van der Waals surface area contributed by atoms with Crippen LogP contribution < -0.4 is 15.6 Å². The van der Waals surface area contributed by atoms with Crippen LogP contribution in [0, 0.1) is 27.2 Å². The number of rotatable bonds is 12. The molecule has 15 nitrogen and oxygen atoms in total. The van der Waals surface area contributed by atoms with E-state index in [1.54, 1.807) is 19.1 Å². The number of non-ortho nitro benzene ring substituents is 2. The molecule has 0 fully saturated rings. The molecule has 3 aromatic rings. The summed E-state index contributed by atoms with van der Waals surface area (Å²) in [6.45, 7) is 1.27. The summed E-state index contributed by atoms with van der Waals surface area (Å²) >= 11 is 1.01. The molecule has 2 amide bonds. The predicted molar refractivity (Wildman–Crippen MR) is 141 cm³/mol. The van der Waals surface area contributed by atoms with Crippen LogP contribution in [0.15, 0.2) is 70.0 Å². The molecule has 200 valence electrons. The number of nitro benzene ring substituents is 2. The second-order valence-corrected chi connectivity index (χ2v) is 8.44. The molecular weight excluding hydrogens is 532 g/mol. The summed E-state index contributed by atoms with van der Waals surface area (Å²) in [5, 5.41) is 29.4. The first-order chi connectivity index (χ1) is 18.7. The molecule has 0 aliphatic rings. The van der Waals surface area contributed by atoms with Gasteiger partial charge in [-0.3, -0.25) is 29.8 Å². The molecule has 2 N–H and O–H groups in total. The quantitative estimate of drug-likeness (QED) is 0.110. The Balaban J connectivity index is 1.46. The fourth-order valence-corrected chi connectivity index (χ4v) is 3.47. The van der Waals surface area contributed by atoms with Crippen molar-refractivity contribution in [1.82, 2.24) is 20.8 Å². The van der Waals surface area contributed by atoms with Crippen LogP contribution in [0.2, 0.25) is 0 Å². The smallest absolute Gasteiger partial charge is 0.278 e. The van der Waals surface area contributed by atoms with Gasteiger partial charge in [0.2, 0.25) is 5.88 Å². The number of carbonyl (C=O) groups excluding carboxylic acids is 2. The molecule has 0 atom stereocenters. The molecule has 1 heterocycles. The van der Waals surface area contributed by atoms with Crippen LogP contribution >= 0.6 is 11.8 Å². The van der Waals surface area contributed by atoms with Crippen molar-refractivity contribution in [3.8, 4) is 5.88 Å². The van der Waals surface area contributed by atoms with Gasteiger partial charge in [-0.25, -0.2) is 15.8 Å². The molecule has 39 heavy (non-hydrogen) atoms. The minimum absolute atomic E-state index is 0.0813. The lowest BCUT2D eigenvalue weighted by Crippen LogP contribution is -2.25. The number of hydrogen-bond donors (Lipinski definition) is 2. The van der Waals surface area contributed by atoms with Crippen LogP contribution in [-0.2, 0) is 9.59 Å². The second kappa shape index (κ2) is 13.9. The minimum Gasteiger partial charge on any atom is -0.467 e. The zero-order chi connectivity index (χ0) is 28.2. The Morgan fingerprint density at radius 3 is 2.05 bits per heavy atom. The van der Waals surface area contributed by atoms with Crippen LogP contribution in [0.3, 0.4) is 0 Å². The first-order valence-electron chi connectivity index (χ1n) is 10.9. The van der Waals surface area contributed by atoms with Gasteiger partial charge in [-0.05, 0) is 6.92 Å². The number of nitrogens with zero attached hydrogens (tertiary/aromatic N) is 6. The van der Waals surface area contributed by atoms with Crippen molar-refractivity contribution in [3.63, 3.8) is 0 Å². The number of thioether (sulfide) groups is 1. The molecule has 3 rings (SSSR count). The van der Waals surface area contributed by atoms with Gasteiger partial charge in [0, 0.05) is 47.2 Å². The van der Waals surface area contributed by atoms with Crippen LogP contribution in [0.25, 0.3) is 0 Å². The number of aromatic nitrogens is 2. The maximum atomic E-state index is 12.1. The van der Waals surface area contributed by atoms with Gasteiger partial charge in [0.1, 0.15) is 0 Å². The van der Waals surface area contributed by atoms with E-state index in [-0.39, 0.29) is 28.2 Å². The van der Waals surface area contributed by atoms with Crippen molar-refractivity contribution in [2.24, 2.45) is 10.2 Å². The van der Waals surface area contributed by atoms with Gasteiger partial charge < -0.3 is 4.74 Å². The molecule has 0 radical (unpaired) electrons. The maximum absolute atomic E-state index is 12.1. The van der Waals surface area contributed by atoms with Gasteiger partial charge in [0.05, 0.1) is 28.0 Å². The lowest BCUT2D eigenvalue weighted by molar-refractivity contribution is -0.385. The number of carbonyl (C=O) groups is 2. The summed E-state index contributed by atoms with van der Waals surface area (Å²) in [6, 6.07) is 13.0. The summed E-state index contributed by atoms with van der Waals surface area (Å²) in [6.07, 6.45) is 2.54. The second-order valence-electron chi connectivity index (χ2n) is 7.50. The fraction of sp³-hybridized carbons (Fsp3) is 0.130. The molecule has 0 saturated carbocycles. The van der Waals surface area contributed by atoms with Crippen LogP contribution in [0.1, 0.15) is 16.8 Å². The van der Waals surface area contributed by atoms with Crippen molar-refractivity contribution in [2.75, 3.05) is 12.4 Å². The highest BCUT2D eigenvalue weighted by Gasteiger charge is 2.10. The Bertz CT molecular complexity index is 1340. The summed E-state index contributed by atoms with van der Waals surface area (Å²) in [5.74, 6) is -1.03. The molecule has 1 aromatic heterocycles. The Labute approximate surface area is 224 Å². The zero-order valence-electron chi connectivity index (χ0n) is 20.2. The standard InChI is InChI=1S/C23H20N8O7S/c1-15-8-22(38-13-20(32)28-24-11-16-4-2-6-18(9-16)30(34)35)27-23(26-15)39-14-21(33)29-25-12-17-5-3-7-19(10-17)31(36)37/h2-12H,13-14H2,1H3,(H,28,32)(H,29,33)/b24-11+,25-12+. The van der Waals surface area contributed by atoms with Crippen LogP contribution in [0.5, 0.6) is 5.88 Å². The minimum atomic E-state index is -0.594. The monoisotopic (exact) mass is 552 g/mol. The van der Waals surface area contributed by atoms with Gasteiger partial charge >= 0.3 is 0 Å². The topological polar surface area (TPSA) is 204 Å². The Morgan fingerprint density at radius 1 is 0.923 bits per heavy atom. The highest BCUT2D eigenvalue weighted by molar-refractivity contribution is 7.99. The van der Waals surface area contributed by atoms with E-state index in [4.69, 9.17) is 4.74 Å². The molecule has 2 aromatic carbocycles. The first kappa shape index (κ1) is 28.3. The van der Waals surface area contributed by atoms with Crippen LogP contribution in [0.4, 0.5) is 11.4 Å². The molecule has 0 aliphatic heterocycles. The summed E-state index contributed by atoms with van der Waals surface area (Å²) < 4.78 is 5.38. The van der Waals surface area contributed by atoms with Crippen molar-refractivity contribution >= 4 is 47.4 Å². The molecular formula is C23H20N8O7S. The summed E-state index contributed by atoms with van der Waals surface area (Å²) in [4.78, 5) is 53.0. The maximum Gasteiger partial charge on any atom is 0.278 e. The lowest BCUT2D eigenvalue weighted by atomic mass is 10.2. The Morgan fingerprint density at radius 2 is 1.49 bits per heavy atom. The third kappa shape index (κ3) is 9.62. The van der Waals surface area contributed by atoms with E-state index in [9.17, 15) is 29.8 Å². The van der Waals surface area contributed by atoms with Crippen molar-refractivity contribution in [1.29, 1.82) is 0 Å². The van der Waals surface area contributed by atoms with Crippen LogP contribution in [-0.4, -0.2) is 56.4 Å². The van der Waals surface area contributed by atoms with Gasteiger partial charge in [-0.2, -0.15) is 15.2 Å². The number of nitro groups is 2. The number of ether oxygens (including phenoxy) is 1. The zero-order valence-corrected chi connectivity index (χ0v) is 21.0. The van der Waals surface area contributed by atoms with E-state index >= 15 is 0 Å². The number of benzene rings is 2. The van der Waals surface area contributed by atoms with E-state index in [1.807, 2.05) is 0 Å². The third-order valence-electron chi connectivity index (χ3n) is 4.46. The van der Waals surface area contributed by atoms with E-state index < -0.39 is 28.3 Å². The van der Waals surface area contributed by atoms with Crippen molar-refractivity contribution < 1.29 is 24.2 Å². The fourth-order valence-electron chi connectivity index (χ4n) is 2.78. The predicted octanol–water partition coefficient (Wildman–Crippen LogP) is 2.37. The number of hydrogen-bond acceptors (Lipinski definition) is 12. The van der Waals surface area contributed by atoms with Gasteiger partial charge in [0.15, 0.2) is 11.8 Å². The SMILES string of the molecule is Cc1cc(OCC(=O)N/N=C/c2cccc([N+](=O)[O-])c2)nc(SCC(=O)N/N=C/c2cccc([N+](=O)[O-])c2)n1. The Hall–Kier alpha value is -5.25. The average molecular weight is 553 g/mol. The van der Waals surface area contributed by atoms with E-state index in [0.717, 1.165) is 11.8 Å². The van der Waals surface area contributed by atoms with Gasteiger partial charge in [-0.1, -0.05) is 36.0 Å². The van der Waals surface area contributed by atoms with Crippen molar-refractivity contribution in [2.45, 2.75) is 12.1 Å². The molecule has 0 saturated heterocycles. The average Bonchev–Trinajstić information content (AvgIpc) is 2.91. The lowest BCUT2D eigenvalue weighted by Gasteiger charge is -2.07. The summed E-state index contributed by atoms with van der Waals surface area (Å²) in [7, 11) is 0. The highest BCUT2D eigenvalue weighted by atomic mass is 32.2. The number of aryl methyl sites for hydroxylation is 1. The van der Waals surface area contributed by atoms with E-state index in [0.29, 0.717) is 16.8 Å². The number of nitrogens with one attached hydrogen (secondary N) is 2.